The Kier molecular flexibility index (Phi) is 5.72. The highest BCUT2D eigenvalue weighted by atomic mass is 16.5. The van der Waals surface area contributed by atoms with Gasteiger partial charge < -0.3 is 15.0 Å². The van der Waals surface area contributed by atoms with Crippen LogP contribution in [-0.4, -0.2) is 32.3 Å². The first kappa shape index (κ1) is 15.2. The molecule has 1 N–H and O–H groups in total. The lowest BCUT2D eigenvalue weighted by Gasteiger charge is -2.19. The van der Waals surface area contributed by atoms with Crippen LogP contribution >= 0.6 is 0 Å². The Morgan fingerprint density at radius 3 is 2.70 bits per heavy atom. The van der Waals surface area contributed by atoms with Gasteiger partial charge in [0.05, 0.1) is 6.61 Å². The van der Waals surface area contributed by atoms with Gasteiger partial charge in [-0.15, -0.1) is 0 Å². The van der Waals surface area contributed by atoms with Crippen LogP contribution < -0.4 is 15.0 Å². The van der Waals surface area contributed by atoms with E-state index in [1.165, 1.54) is 18.7 Å². The number of nitrogens with one attached hydrogen (secondary N) is 1. The van der Waals surface area contributed by atoms with Gasteiger partial charge in [-0.2, -0.15) is 0 Å². The van der Waals surface area contributed by atoms with E-state index in [1.54, 1.807) is 0 Å². The maximum atomic E-state index is 5.63. The number of nitrogens with zero attached hydrogens (tertiary/aromatic N) is 1. The number of hydrogen-bond acceptors (Lipinski definition) is 3. The topological polar surface area (TPSA) is 24.5 Å². The minimum Gasteiger partial charge on any atom is -0.494 e. The van der Waals surface area contributed by atoms with Crippen molar-refractivity contribution in [1.29, 1.82) is 0 Å². The fraction of sp³-hybridized carbons (Fsp3) is 0.647. The largest absolute Gasteiger partial charge is 0.494 e. The van der Waals surface area contributed by atoms with Crippen molar-refractivity contribution < 1.29 is 4.74 Å². The van der Waals surface area contributed by atoms with Crippen LogP contribution in [0.3, 0.4) is 0 Å². The molecule has 1 unspecified atom stereocenters. The van der Waals surface area contributed by atoms with Crippen LogP contribution in [0.5, 0.6) is 5.75 Å². The Bertz CT molecular complexity index is 388. The van der Waals surface area contributed by atoms with E-state index in [1.807, 2.05) is 0 Å². The van der Waals surface area contributed by atoms with Crippen LogP contribution in [0.15, 0.2) is 24.3 Å². The molecule has 112 valence electrons. The van der Waals surface area contributed by atoms with Gasteiger partial charge in [-0.1, -0.05) is 20.8 Å². The number of anilines is 1. The monoisotopic (exact) mass is 276 g/mol. The van der Waals surface area contributed by atoms with E-state index < -0.39 is 0 Å². The minimum absolute atomic E-state index is 0.582. The standard InChI is InChI=1S/C17H28N2O/c1-4-11-20-17-7-5-16(6-8-17)19-10-9-15(13-19)12-18-14(2)3/h5-8,14-15,18H,4,9-13H2,1-3H3. The first-order valence-corrected chi connectivity index (χ1v) is 7.90. The van der Waals surface area contributed by atoms with Crippen LogP contribution in [0, 0.1) is 5.92 Å². The molecule has 1 atom stereocenters. The lowest BCUT2D eigenvalue weighted by molar-refractivity contribution is 0.317. The molecule has 1 heterocycles. The van der Waals surface area contributed by atoms with Crippen LogP contribution in [0.4, 0.5) is 5.69 Å². The van der Waals surface area contributed by atoms with Crippen LogP contribution in [0.1, 0.15) is 33.6 Å². The smallest absolute Gasteiger partial charge is 0.119 e. The van der Waals surface area contributed by atoms with Crippen LogP contribution in [0.25, 0.3) is 0 Å². The molecule has 1 aromatic carbocycles. The predicted molar refractivity (Wildman–Crippen MR) is 85.7 cm³/mol. The van der Waals surface area contributed by atoms with Gasteiger partial charge in [0.25, 0.3) is 0 Å². The average Bonchev–Trinajstić information content (AvgIpc) is 2.92. The fourth-order valence-corrected chi connectivity index (χ4v) is 2.61. The molecule has 1 aliphatic rings. The number of ether oxygens (including phenoxy) is 1. The van der Waals surface area contributed by atoms with Gasteiger partial charge in [0.15, 0.2) is 0 Å². The van der Waals surface area contributed by atoms with Crippen LogP contribution in [-0.2, 0) is 0 Å². The van der Waals surface area contributed by atoms with Gasteiger partial charge in [-0.05, 0) is 49.6 Å². The van der Waals surface area contributed by atoms with Crippen molar-refractivity contribution in [2.75, 3.05) is 31.1 Å². The maximum Gasteiger partial charge on any atom is 0.119 e. The van der Waals surface area contributed by atoms with E-state index in [4.69, 9.17) is 4.74 Å². The van der Waals surface area contributed by atoms with E-state index in [0.29, 0.717) is 6.04 Å². The quantitative estimate of drug-likeness (QED) is 0.827. The Morgan fingerprint density at radius 1 is 1.30 bits per heavy atom. The predicted octanol–water partition coefficient (Wildman–Crippen LogP) is 3.30. The molecule has 2 rings (SSSR count). The summed E-state index contributed by atoms with van der Waals surface area (Å²) in [7, 11) is 0. The molecule has 1 fully saturated rings. The molecular weight excluding hydrogens is 248 g/mol. The summed E-state index contributed by atoms with van der Waals surface area (Å²) < 4.78 is 5.63. The third-order valence-electron chi connectivity index (χ3n) is 3.78. The van der Waals surface area contributed by atoms with Crippen molar-refractivity contribution in [1.82, 2.24) is 5.32 Å². The van der Waals surface area contributed by atoms with Crippen molar-refractivity contribution in [3.63, 3.8) is 0 Å². The van der Waals surface area contributed by atoms with E-state index in [-0.39, 0.29) is 0 Å². The second-order valence-electron chi connectivity index (χ2n) is 6.01. The summed E-state index contributed by atoms with van der Waals surface area (Å²) in [6, 6.07) is 9.13. The van der Waals surface area contributed by atoms with Crippen LogP contribution in [0.2, 0.25) is 0 Å². The van der Waals surface area contributed by atoms with Gasteiger partial charge in [-0.3, -0.25) is 0 Å². The molecule has 1 saturated heterocycles. The normalized spacial score (nSPS) is 18.8. The van der Waals surface area contributed by atoms with Gasteiger partial charge in [0, 0.05) is 24.8 Å². The molecule has 0 saturated carbocycles. The number of rotatable bonds is 7. The molecular formula is C17H28N2O. The molecule has 3 heteroatoms. The Labute approximate surface area is 123 Å². The van der Waals surface area contributed by atoms with Gasteiger partial charge in [0.2, 0.25) is 0 Å². The average molecular weight is 276 g/mol. The first-order chi connectivity index (χ1) is 9.69. The zero-order valence-electron chi connectivity index (χ0n) is 13.1. The van der Waals surface area contributed by atoms with Crippen molar-refractivity contribution in [2.45, 2.75) is 39.7 Å². The summed E-state index contributed by atoms with van der Waals surface area (Å²) in [5, 5.41) is 3.55. The second-order valence-corrected chi connectivity index (χ2v) is 6.01. The zero-order valence-corrected chi connectivity index (χ0v) is 13.1. The van der Waals surface area contributed by atoms with E-state index in [2.05, 4.69) is 55.3 Å². The molecule has 1 aliphatic heterocycles. The minimum atomic E-state index is 0.582. The third-order valence-corrected chi connectivity index (χ3v) is 3.78. The summed E-state index contributed by atoms with van der Waals surface area (Å²) in [5.74, 6) is 1.75. The summed E-state index contributed by atoms with van der Waals surface area (Å²) in [4.78, 5) is 2.48. The summed E-state index contributed by atoms with van der Waals surface area (Å²) in [6.07, 6.45) is 2.34. The Balaban J connectivity index is 1.83. The van der Waals surface area contributed by atoms with Crippen molar-refractivity contribution >= 4 is 5.69 Å². The van der Waals surface area contributed by atoms with E-state index >= 15 is 0 Å². The van der Waals surface area contributed by atoms with Crippen molar-refractivity contribution in [2.24, 2.45) is 5.92 Å². The molecule has 0 radical (unpaired) electrons. The molecule has 20 heavy (non-hydrogen) atoms. The lowest BCUT2D eigenvalue weighted by Crippen LogP contribution is -2.30. The Morgan fingerprint density at radius 2 is 2.05 bits per heavy atom. The first-order valence-electron chi connectivity index (χ1n) is 7.90. The highest BCUT2D eigenvalue weighted by Crippen LogP contribution is 2.25. The summed E-state index contributed by atoms with van der Waals surface area (Å²) in [6.45, 7) is 10.8. The van der Waals surface area contributed by atoms with Crippen molar-refractivity contribution in [3.8, 4) is 5.75 Å². The van der Waals surface area contributed by atoms with Gasteiger partial charge >= 0.3 is 0 Å². The van der Waals surface area contributed by atoms with Crippen molar-refractivity contribution in [3.05, 3.63) is 24.3 Å². The summed E-state index contributed by atoms with van der Waals surface area (Å²) in [5.41, 5.74) is 1.32. The number of hydrogen-bond donors (Lipinski definition) is 1. The summed E-state index contributed by atoms with van der Waals surface area (Å²) >= 11 is 0. The molecule has 3 nitrogen and oxygen atoms in total. The third kappa shape index (κ3) is 4.41. The maximum absolute atomic E-state index is 5.63. The highest BCUT2D eigenvalue weighted by molar-refractivity contribution is 5.49. The molecule has 0 aromatic heterocycles. The SMILES string of the molecule is CCCOc1ccc(N2CCC(CNC(C)C)C2)cc1. The molecule has 0 bridgehead atoms. The van der Waals surface area contributed by atoms with Gasteiger partial charge in [-0.25, -0.2) is 0 Å². The number of benzene rings is 1. The Hall–Kier alpha value is -1.22. The molecule has 1 aromatic rings. The second kappa shape index (κ2) is 7.53. The van der Waals surface area contributed by atoms with E-state index in [0.717, 1.165) is 37.8 Å². The fourth-order valence-electron chi connectivity index (χ4n) is 2.61. The highest BCUT2D eigenvalue weighted by Gasteiger charge is 2.22. The molecule has 0 aliphatic carbocycles. The zero-order chi connectivity index (χ0) is 14.4. The molecule has 0 amide bonds. The molecule has 0 spiro atoms. The van der Waals surface area contributed by atoms with Gasteiger partial charge in [0.1, 0.15) is 5.75 Å². The van der Waals surface area contributed by atoms with E-state index in [9.17, 15) is 0 Å². The lowest BCUT2D eigenvalue weighted by atomic mass is 10.1.